The fourth-order valence-corrected chi connectivity index (χ4v) is 4.80. The maximum absolute atomic E-state index is 6.01. The number of thiazole rings is 1. The Morgan fingerprint density at radius 1 is 1.14 bits per heavy atom. The number of benzene rings is 1. The molecule has 1 radical (unpaired) electrons. The Balaban J connectivity index is 1.52. The standard InChI is InChI=1S/C24H28N3OS/c1-3-7-23-26-17-22(29-23)21-8-6-11-25-24(21)20-10-9-19(16-18(20)2)28-15-14-27-12-4-5-13-27/h6,8-11,16-17H,1,3-5,7,12-15H2,2H3. The van der Waals surface area contributed by atoms with Gasteiger partial charge in [-0.25, -0.2) is 4.98 Å². The van der Waals surface area contributed by atoms with Gasteiger partial charge in [0, 0.05) is 30.1 Å². The molecular weight excluding hydrogens is 378 g/mol. The van der Waals surface area contributed by atoms with Crippen LogP contribution in [0.5, 0.6) is 5.75 Å². The van der Waals surface area contributed by atoms with Crippen LogP contribution in [0.4, 0.5) is 0 Å². The van der Waals surface area contributed by atoms with Crippen molar-refractivity contribution in [3.05, 3.63) is 60.2 Å². The van der Waals surface area contributed by atoms with Crippen LogP contribution in [0, 0.1) is 13.8 Å². The summed E-state index contributed by atoms with van der Waals surface area (Å²) in [6.07, 6.45) is 8.24. The Morgan fingerprint density at radius 3 is 2.79 bits per heavy atom. The molecule has 0 saturated carbocycles. The lowest BCUT2D eigenvalue weighted by molar-refractivity contribution is 0.237. The molecule has 3 heterocycles. The number of hydrogen-bond acceptors (Lipinski definition) is 5. The van der Waals surface area contributed by atoms with Gasteiger partial charge in [-0.2, -0.15) is 0 Å². The number of hydrogen-bond donors (Lipinski definition) is 0. The Morgan fingerprint density at radius 2 is 2.00 bits per heavy atom. The van der Waals surface area contributed by atoms with Gasteiger partial charge < -0.3 is 4.74 Å². The van der Waals surface area contributed by atoms with Crippen molar-refractivity contribution in [1.29, 1.82) is 0 Å². The van der Waals surface area contributed by atoms with E-state index < -0.39 is 0 Å². The second-order valence-electron chi connectivity index (χ2n) is 7.50. The third-order valence-electron chi connectivity index (χ3n) is 5.35. The highest BCUT2D eigenvalue weighted by molar-refractivity contribution is 7.15. The lowest BCUT2D eigenvalue weighted by atomic mass is 10.0. The van der Waals surface area contributed by atoms with Gasteiger partial charge in [-0.1, -0.05) is 6.92 Å². The first-order chi connectivity index (χ1) is 14.2. The van der Waals surface area contributed by atoms with Crippen LogP contribution in [0.1, 0.15) is 29.8 Å². The minimum Gasteiger partial charge on any atom is -0.492 e. The van der Waals surface area contributed by atoms with Crippen molar-refractivity contribution in [3.63, 3.8) is 0 Å². The molecule has 0 spiro atoms. The largest absolute Gasteiger partial charge is 0.492 e. The minimum atomic E-state index is 0.740. The third kappa shape index (κ3) is 4.85. The summed E-state index contributed by atoms with van der Waals surface area (Å²) in [4.78, 5) is 12.9. The minimum absolute atomic E-state index is 0.740. The first-order valence-electron chi connectivity index (χ1n) is 10.4. The molecule has 4 nitrogen and oxygen atoms in total. The summed E-state index contributed by atoms with van der Waals surface area (Å²) in [5, 5.41) is 1.13. The van der Waals surface area contributed by atoms with E-state index in [4.69, 9.17) is 9.72 Å². The monoisotopic (exact) mass is 406 g/mol. The summed E-state index contributed by atoms with van der Waals surface area (Å²) < 4.78 is 6.01. The van der Waals surface area contributed by atoms with E-state index in [0.29, 0.717) is 0 Å². The number of likely N-dealkylation sites (tertiary alicyclic amines) is 1. The van der Waals surface area contributed by atoms with Crippen molar-refractivity contribution in [1.82, 2.24) is 14.9 Å². The lowest BCUT2D eigenvalue weighted by Crippen LogP contribution is -2.25. The zero-order valence-corrected chi connectivity index (χ0v) is 17.9. The van der Waals surface area contributed by atoms with Crippen LogP contribution in [0.15, 0.2) is 42.7 Å². The maximum atomic E-state index is 6.01. The summed E-state index contributed by atoms with van der Waals surface area (Å²) in [6, 6.07) is 10.4. The lowest BCUT2D eigenvalue weighted by Gasteiger charge is -2.16. The van der Waals surface area contributed by atoms with E-state index in [1.165, 1.54) is 31.5 Å². The molecule has 1 aliphatic heterocycles. The van der Waals surface area contributed by atoms with E-state index in [1.807, 2.05) is 18.5 Å². The van der Waals surface area contributed by atoms with Crippen LogP contribution in [-0.4, -0.2) is 41.1 Å². The van der Waals surface area contributed by atoms with Gasteiger partial charge in [0.05, 0.1) is 15.6 Å². The molecule has 1 fully saturated rings. The Bertz CT molecular complexity index is 947. The Labute approximate surface area is 177 Å². The van der Waals surface area contributed by atoms with Crippen LogP contribution in [0.2, 0.25) is 0 Å². The average molecular weight is 407 g/mol. The summed E-state index contributed by atoms with van der Waals surface area (Å²) in [6.45, 7) is 10.2. The molecule has 1 aromatic carbocycles. The van der Waals surface area contributed by atoms with Crippen molar-refractivity contribution < 1.29 is 4.74 Å². The van der Waals surface area contributed by atoms with Crippen LogP contribution in [0.25, 0.3) is 21.7 Å². The summed E-state index contributed by atoms with van der Waals surface area (Å²) >= 11 is 1.73. The SMILES string of the molecule is [CH2]CCc1ncc(-c2cccnc2-c2ccc(OCCN3CCCC3)cc2C)s1. The van der Waals surface area contributed by atoms with Gasteiger partial charge in [-0.15, -0.1) is 11.3 Å². The van der Waals surface area contributed by atoms with E-state index in [0.717, 1.165) is 58.4 Å². The zero-order valence-electron chi connectivity index (χ0n) is 17.1. The van der Waals surface area contributed by atoms with Crippen LogP contribution >= 0.6 is 11.3 Å². The van der Waals surface area contributed by atoms with Crippen molar-refractivity contribution in [2.45, 2.75) is 32.6 Å². The molecule has 1 aliphatic rings. The number of pyridine rings is 1. The van der Waals surface area contributed by atoms with Gasteiger partial charge >= 0.3 is 0 Å². The Kier molecular flexibility index (Phi) is 6.57. The molecule has 0 N–H and O–H groups in total. The zero-order chi connectivity index (χ0) is 20.1. The van der Waals surface area contributed by atoms with Crippen LogP contribution < -0.4 is 4.74 Å². The molecule has 0 unspecified atom stereocenters. The van der Waals surface area contributed by atoms with Crippen molar-refractivity contribution in [2.75, 3.05) is 26.2 Å². The van der Waals surface area contributed by atoms with Gasteiger partial charge in [0.2, 0.25) is 0 Å². The normalized spacial score (nSPS) is 14.4. The van der Waals surface area contributed by atoms with Crippen molar-refractivity contribution in [3.8, 4) is 27.4 Å². The molecule has 4 rings (SSSR count). The highest BCUT2D eigenvalue weighted by Crippen LogP contribution is 2.36. The van der Waals surface area contributed by atoms with Gasteiger partial charge in [-0.05, 0) is 81.6 Å². The molecule has 0 atom stereocenters. The smallest absolute Gasteiger partial charge is 0.119 e. The maximum Gasteiger partial charge on any atom is 0.119 e. The number of nitrogens with zero attached hydrogens (tertiary/aromatic N) is 3. The molecule has 3 aromatic rings. The first kappa shape index (κ1) is 20.0. The van der Waals surface area contributed by atoms with E-state index in [9.17, 15) is 0 Å². The molecule has 0 aliphatic carbocycles. The van der Waals surface area contributed by atoms with E-state index in [2.05, 4.69) is 48.0 Å². The fraction of sp³-hybridized carbons (Fsp3) is 0.375. The highest BCUT2D eigenvalue weighted by atomic mass is 32.1. The number of aryl methyl sites for hydroxylation is 2. The predicted octanol–water partition coefficient (Wildman–Crippen LogP) is 5.42. The van der Waals surface area contributed by atoms with Gasteiger partial charge in [0.1, 0.15) is 12.4 Å². The third-order valence-corrected chi connectivity index (χ3v) is 6.44. The fourth-order valence-electron chi connectivity index (χ4n) is 3.81. The molecule has 2 aromatic heterocycles. The summed E-state index contributed by atoms with van der Waals surface area (Å²) in [7, 11) is 0. The molecular formula is C24H28N3OS. The quantitative estimate of drug-likeness (QED) is 0.500. The molecule has 0 amide bonds. The van der Waals surface area contributed by atoms with Gasteiger partial charge in [0.15, 0.2) is 0 Å². The predicted molar refractivity (Wildman–Crippen MR) is 120 cm³/mol. The molecule has 5 heteroatoms. The first-order valence-corrected chi connectivity index (χ1v) is 11.2. The van der Waals surface area contributed by atoms with E-state index in [-0.39, 0.29) is 0 Å². The van der Waals surface area contributed by atoms with Gasteiger partial charge in [-0.3, -0.25) is 9.88 Å². The van der Waals surface area contributed by atoms with Crippen molar-refractivity contribution >= 4 is 11.3 Å². The highest BCUT2D eigenvalue weighted by Gasteiger charge is 2.14. The van der Waals surface area contributed by atoms with Crippen LogP contribution in [-0.2, 0) is 6.42 Å². The molecule has 29 heavy (non-hydrogen) atoms. The summed E-state index contributed by atoms with van der Waals surface area (Å²) in [5.74, 6) is 0.929. The summed E-state index contributed by atoms with van der Waals surface area (Å²) in [5.41, 5.74) is 4.44. The van der Waals surface area contributed by atoms with Crippen molar-refractivity contribution in [2.24, 2.45) is 0 Å². The number of aromatic nitrogens is 2. The Hall–Kier alpha value is -2.24. The van der Waals surface area contributed by atoms with Crippen LogP contribution in [0.3, 0.4) is 0 Å². The average Bonchev–Trinajstić information content (AvgIpc) is 3.41. The van der Waals surface area contributed by atoms with E-state index in [1.54, 1.807) is 11.3 Å². The molecule has 151 valence electrons. The topological polar surface area (TPSA) is 38.3 Å². The molecule has 0 bridgehead atoms. The second kappa shape index (κ2) is 9.51. The number of rotatable bonds is 8. The van der Waals surface area contributed by atoms with Gasteiger partial charge in [0.25, 0.3) is 0 Å². The number of ether oxygens (including phenoxy) is 1. The second-order valence-corrected chi connectivity index (χ2v) is 8.61. The van der Waals surface area contributed by atoms with E-state index >= 15 is 0 Å². The molecule has 1 saturated heterocycles.